The second-order valence-corrected chi connectivity index (χ2v) is 5.95. The number of aromatic nitrogens is 1. The molecule has 0 aliphatic rings. The second kappa shape index (κ2) is 6.15. The lowest BCUT2D eigenvalue weighted by molar-refractivity contribution is -0.138. The molecule has 1 aromatic carbocycles. The molecule has 0 radical (unpaired) electrons. The molecule has 0 atom stereocenters. The molecule has 7 heteroatoms. The number of hydrogen-bond acceptors (Lipinski definition) is 3. The summed E-state index contributed by atoms with van der Waals surface area (Å²) in [5.41, 5.74) is 4.79. The molecule has 0 aliphatic carbocycles. The van der Waals surface area contributed by atoms with Crippen LogP contribution < -0.4 is 5.73 Å². The number of benzene rings is 1. The molecule has 0 saturated carbocycles. The first-order valence-electron chi connectivity index (χ1n) is 5.60. The fourth-order valence-corrected chi connectivity index (χ4v) is 2.68. The molecular weight excluding hydrogens is 353 g/mol. The van der Waals surface area contributed by atoms with Gasteiger partial charge in [-0.1, -0.05) is 11.8 Å². The minimum Gasteiger partial charge on any atom is -0.326 e. The third kappa shape index (κ3) is 3.74. The number of nitrogens with two attached hydrogens (primary N) is 1. The highest BCUT2D eigenvalue weighted by molar-refractivity contribution is 9.10. The summed E-state index contributed by atoms with van der Waals surface area (Å²) in [6, 6.07) is 7.55. The first kappa shape index (κ1) is 15.3. The monoisotopic (exact) mass is 362 g/mol. The Bertz CT molecular complexity index is 600. The van der Waals surface area contributed by atoms with E-state index < -0.39 is 11.7 Å². The van der Waals surface area contributed by atoms with E-state index in [1.165, 1.54) is 23.9 Å². The zero-order valence-electron chi connectivity index (χ0n) is 10.1. The van der Waals surface area contributed by atoms with Crippen LogP contribution in [0.2, 0.25) is 0 Å². The Balaban J connectivity index is 2.28. The van der Waals surface area contributed by atoms with Crippen molar-refractivity contribution >= 4 is 27.7 Å². The molecule has 0 bridgehead atoms. The Morgan fingerprint density at radius 3 is 2.50 bits per heavy atom. The van der Waals surface area contributed by atoms with Crippen LogP contribution in [0.5, 0.6) is 0 Å². The molecule has 1 aromatic heterocycles. The molecule has 20 heavy (non-hydrogen) atoms. The number of hydrogen-bond donors (Lipinski definition) is 1. The van der Waals surface area contributed by atoms with E-state index in [0.29, 0.717) is 9.92 Å². The van der Waals surface area contributed by atoms with Gasteiger partial charge in [-0.3, -0.25) is 0 Å². The van der Waals surface area contributed by atoms with Crippen molar-refractivity contribution < 1.29 is 13.2 Å². The number of alkyl halides is 3. The molecule has 0 amide bonds. The molecule has 1 heterocycles. The molecule has 0 spiro atoms. The Kier molecular flexibility index (Phi) is 4.72. The van der Waals surface area contributed by atoms with E-state index in [4.69, 9.17) is 5.73 Å². The first-order valence-corrected chi connectivity index (χ1v) is 7.20. The lowest BCUT2D eigenvalue weighted by Gasteiger charge is -2.12. The summed E-state index contributed by atoms with van der Waals surface area (Å²) in [5.74, 6) is 0. The zero-order valence-corrected chi connectivity index (χ0v) is 12.5. The molecule has 0 fully saturated rings. The quantitative estimate of drug-likeness (QED) is 0.875. The molecule has 0 aliphatic heterocycles. The summed E-state index contributed by atoms with van der Waals surface area (Å²) in [6.07, 6.45) is -2.75. The SMILES string of the molecule is NCc1cc(Sc2ccc(Br)cn2)ccc1C(F)(F)F. The highest BCUT2D eigenvalue weighted by Crippen LogP contribution is 2.35. The maximum absolute atomic E-state index is 12.8. The zero-order chi connectivity index (χ0) is 14.8. The minimum absolute atomic E-state index is 0.0830. The van der Waals surface area contributed by atoms with E-state index in [2.05, 4.69) is 20.9 Å². The summed E-state index contributed by atoms with van der Waals surface area (Å²) in [5, 5.41) is 0.705. The Morgan fingerprint density at radius 1 is 1.20 bits per heavy atom. The van der Waals surface area contributed by atoms with Crippen molar-refractivity contribution in [3.63, 3.8) is 0 Å². The summed E-state index contributed by atoms with van der Waals surface area (Å²) in [4.78, 5) is 4.84. The molecule has 2 nitrogen and oxygen atoms in total. The van der Waals surface area contributed by atoms with Crippen molar-refractivity contribution in [1.82, 2.24) is 4.98 Å². The van der Waals surface area contributed by atoms with E-state index >= 15 is 0 Å². The fraction of sp³-hybridized carbons (Fsp3) is 0.154. The van der Waals surface area contributed by atoms with Gasteiger partial charge in [-0.2, -0.15) is 13.2 Å². The van der Waals surface area contributed by atoms with Gasteiger partial charge in [-0.25, -0.2) is 4.98 Å². The van der Waals surface area contributed by atoms with Crippen molar-refractivity contribution in [2.45, 2.75) is 22.6 Å². The van der Waals surface area contributed by atoms with E-state index in [-0.39, 0.29) is 12.1 Å². The van der Waals surface area contributed by atoms with Gasteiger partial charge in [-0.05, 0) is 51.8 Å². The normalized spacial score (nSPS) is 11.7. The van der Waals surface area contributed by atoms with Crippen LogP contribution in [0.4, 0.5) is 13.2 Å². The maximum atomic E-state index is 12.8. The lowest BCUT2D eigenvalue weighted by atomic mass is 10.1. The van der Waals surface area contributed by atoms with Crippen molar-refractivity contribution in [2.24, 2.45) is 5.73 Å². The van der Waals surface area contributed by atoms with Crippen molar-refractivity contribution in [1.29, 1.82) is 0 Å². The van der Waals surface area contributed by atoms with Crippen LogP contribution in [0, 0.1) is 0 Å². The summed E-state index contributed by atoms with van der Waals surface area (Å²) in [7, 11) is 0. The molecule has 2 aromatic rings. The topological polar surface area (TPSA) is 38.9 Å². The second-order valence-electron chi connectivity index (χ2n) is 3.94. The molecule has 2 N–H and O–H groups in total. The van der Waals surface area contributed by atoms with Gasteiger partial charge in [0.05, 0.1) is 5.56 Å². The number of rotatable bonds is 3. The summed E-state index contributed by atoms with van der Waals surface area (Å²) >= 11 is 4.56. The summed E-state index contributed by atoms with van der Waals surface area (Å²) in [6.45, 7) is -0.156. The van der Waals surface area contributed by atoms with Crippen LogP contribution in [-0.2, 0) is 12.7 Å². The van der Waals surface area contributed by atoms with Crippen molar-refractivity contribution in [2.75, 3.05) is 0 Å². The standard InChI is InChI=1S/C13H10BrF3N2S/c14-9-1-4-12(19-7-9)20-10-2-3-11(13(15,16)17)8(5-10)6-18/h1-5,7H,6,18H2. The van der Waals surface area contributed by atoms with Crippen LogP contribution in [0.1, 0.15) is 11.1 Å². The fourth-order valence-electron chi connectivity index (χ4n) is 1.62. The first-order chi connectivity index (χ1) is 9.40. The highest BCUT2D eigenvalue weighted by atomic mass is 79.9. The molecule has 0 unspecified atom stereocenters. The van der Waals surface area contributed by atoms with Gasteiger partial charge >= 0.3 is 6.18 Å². The van der Waals surface area contributed by atoms with E-state index in [9.17, 15) is 13.2 Å². The Morgan fingerprint density at radius 2 is 1.95 bits per heavy atom. The van der Waals surface area contributed by atoms with Gasteiger partial charge in [-0.15, -0.1) is 0 Å². The average molecular weight is 363 g/mol. The number of nitrogens with zero attached hydrogens (tertiary/aromatic N) is 1. The van der Waals surface area contributed by atoms with E-state index in [1.807, 2.05) is 6.07 Å². The molecule has 0 saturated heterocycles. The smallest absolute Gasteiger partial charge is 0.326 e. The highest BCUT2D eigenvalue weighted by Gasteiger charge is 2.32. The Hall–Kier alpha value is -1.05. The predicted molar refractivity (Wildman–Crippen MR) is 75.4 cm³/mol. The van der Waals surface area contributed by atoms with Gasteiger partial charge in [0.2, 0.25) is 0 Å². The van der Waals surface area contributed by atoms with Crippen LogP contribution in [0.15, 0.2) is 50.9 Å². The number of halogens is 4. The molecule has 2 rings (SSSR count). The summed E-state index contributed by atoms with van der Waals surface area (Å²) < 4.78 is 39.1. The van der Waals surface area contributed by atoms with E-state index in [1.54, 1.807) is 12.3 Å². The third-order valence-corrected chi connectivity index (χ3v) is 3.93. The van der Waals surface area contributed by atoms with Crippen LogP contribution in [0.25, 0.3) is 0 Å². The maximum Gasteiger partial charge on any atom is 0.416 e. The van der Waals surface area contributed by atoms with Crippen LogP contribution in [-0.4, -0.2) is 4.98 Å². The minimum atomic E-state index is -4.38. The average Bonchev–Trinajstić information content (AvgIpc) is 2.40. The van der Waals surface area contributed by atoms with Gasteiger partial charge in [0.25, 0.3) is 0 Å². The molecule has 106 valence electrons. The van der Waals surface area contributed by atoms with Crippen LogP contribution in [0.3, 0.4) is 0 Å². The lowest BCUT2D eigenvalue weighted by Crippen LogP contribution is -2.11. The molecular formula is C13H10BrF3N2S. The third-order valence-electron chi connectivity index (χ3n) is 2.52. The number of pyridine rings is 1. The van der Waals surface area contributed by atoms with Crippen LogP contribution >= 0.6 is 27.7 Å². The Labute approximate surface area is 126 Å². The van der Waals surface area contributed by atoms with Gasteiger partial charge < -0.3 is 5.73 Å². The van der Waals surface area contributed by atoms with Crippen molar-refractivity contribution in [3.8, 4) is 0 Å². The van der Waals surface area contributed by atoms with Gasteiger partial charge in [0, 0.05) is 22.1 Å². The van der Waals surface area contributed by atoms with Crippen molar-refractivity contribution in [3.05, 3.63) is 52.1 Å². The predicted octanol–water partition coefficient (Wildman–Crippen LogP) is 4.47. The van der Waals surface area contributed by atoms with Gasteiger partial charge in [0.1, 0.15) is 5.03 Å². The van der Waals surface area contributed by atoms with E-state index in [0.717, 1.165) is 10.5 Å². The largest absolute Gasteiger partial charge is 0.416 e. The van der Waals surface area contributed by atoms with Gasteiger partial charge in [0.15, 0.2) is 0 Å².